The first-order valence-electron chi connectivity index (χ1n) is 14.9. The summed E-state index contributed by atoms with van der Waals surface area (Å²) in [6.45, 7) is 9.30. The number of nitrogens with one attached hydrogen (secondary N) is 1. The third-order valence-corrected chi connectivity index (χ3v) is 9.03. The molecule has 2 aliphatic heterocycles. The molecule has 6 heteroatoms. The van der Waals surface area contributed by atoms with Gasteiger partial charge < -0.3 is 19.9 Å². The second-order valence-corrected chi connectivity index (χ2v) is 13.4. The lowest BCUT2D eigenvalue weighted by atomic mass is 9.65. The van der Waals surface area contributed by atoms with Gasteiger partial charge in [0.25, 0.3) is 5.91 Å². The quantitative estimate of drug-likeness (QED) is 0.333. The fourth-order valence-corrected chi connectivity index (χ4v) is 7.64. The normalized spacial score (nSPS) is 29.3. The molecule has 1 aliphatic carbocycles. The smallest absolute Gasteiger partial charge is 0.255 e. The van der Waals surface area contributed by atoms with Crippen molar-refractivity contribution in [3.05, 3.63) is 101 Å². The van der Waals surface area contributed by atoms with Crippen molar-refractivity contribution in [3.63, 3.8) is 0 Å². The van der Waals surface area contributed by atoms with Crippen LogP contribution in [0, 0.1) is 10.8 Å². The summed E-state index contributed by atoms with van der Waals surface area (Å²) in [6.07, 6.45) is 3.84. The van der Waals surface area contributed by atoms with Crippen molar-refractivity contribution >= 4 is 11.6 Å². The second kappa shape index (κ2) is 11.3. The van der Waals surface area contributed by atoms with E-state index in [0.717, 1.165) is 36.2 Å². The number of hydrogen-bond donors (Lipinski definition) is 2. The van der Waals surface area contributed by atoms with Crippen LogP contribution in [-0.2, 0) is 16.1 Å². The first-order chi connectivity index (χ1) is 19.7. The van der Waals surface area contributed by atoms with Gasteiger partial charge in [-0.25, -0.2) is 0 Å². The molecular formula is C35H42N2O4. The summed E-state index contributed by atoms with van der Waals surface area (Å²) in [6, 6.07) is 25.6. The van der Waals surface area contributed by atoms with E-state index in [0.29, 0.717) is 28.1 Å². The van der Waals surface area contributed by atoms with Crippen LogP contribution in [0.15, 0.2) is 78.9 Å². The molecule has 6 rings (SSSR count). The average Bonchev–Trinajstić information content (AvgIpc) is 3.20. The van der Waals surface area contributed by atoms with Crippen molar-refractivity contribution in [1.29, 1.82) is 0 Å². The average molecular weight is 555 g/mol. The number of rotatable bonds is 7. The summed E-state index contributed by atoms with van der Waals surface area (Å²) >= 11 is 0. The van der Waals surface area contributed by atoms with Gasteiger partial charge in [-0.1, -0.05) is 75.4 Å². The fraction of sp³-hybridized carbons (Fsp3) is 0.457. The van der Waals surface area contributed by atoms with Crippen LogP contribution in [0.5, 0.6) is 0 Å². The lowest BCUT2D eigenvalue weighted by Gasteiger charge is -2.41. The van der Waals surface area contributed by atoms with E-state index in [2.05, 4.69) is 43.1 Å². The van der Waals surface area contributed by atoms with Gasteiger partial charge >= 0.3 is 0 Å². The van der Waals surface area contributed by atoms with Gasteiger partial charge in [0.2, 0.25) is 0 Å². The predicted molar refractivity (Wildman–Crippen MR) is 160 cm³/mol. The SMILES string of the molecule is CC1(C)CC2CC(C)(CN2C[C@@H]2C[C@H](c3ccc(CO)cc3)O[C@H](c3cccc(NC(=O)c4ccccc4)c3)O2)C1. The molecule has 3 aromatic carbocycles. The summed E-state index contributed by atoms with van der Waals surface area (Å²) in [4.78, 5) is 15.5. The van der Waals surface area contributed by atoms with E-state index in [1.165, 1.54) is 19.3 Å². The maximum Gasteiger partial charge on any atom is 0.255 e. The van der Waals surface area contributed by atoms with E-state index < -0.39 is 6.29 Å². The molecule has 2 bridgehead atoms. The monoisotopic (exact) mass is 554 g/mol. The number of carbonyl (C=O) groups is 1. The zero-order valence-corrected chi connectivity index (χ0v) is 24.4. The highest BCUT2D eigenvalue weighted by atomic mass is 16.7. The Morgan fingerprint density at radius 3 is 2.49 bits per heavy atom. The molecule has 41 heavy (non-hydrogen) atoms. The fourth-order valence-electron chi connectivity index (χ4n) is 7.64. The van der Waals surface area contributed by atoms with E-state index in [1.807, 2.05) is 54.6 Å². The molecule has 6 nitrogen and oxygen atoms in total. The standard InChI is InChI=1S/C35H42N2O4/c1-34(2)18-29-19-35(3,22-34)23-37(29)20-30-17-31(25-14-12-24(21-38)13-15-25)41-33(40-30)27-10-7-11-28(16-27)36-32(39)26-8-5-4-6-9-26/h4-16,29-31,33,38H,17-23H2,1-3H3,(H,36,39)/t29?,30-,31+,33+,35?/m0/s1. The maximum absolute atomic E-state index is 12.8. The molecule has 3 aromatic rings. The summed E-state index contributed by atoms with van der Waals surface area (Å²) in [5.41, 5.74) is 4.90. The molecule has 0 radical (unpaired) electrons. The van der Waals surface area contributed by atoms with Gasteiger partial charge in [0.15, 0.2) is 6.29 Å². The molecule has 0 spiro atoms. The Hall–Kier alpha value is -3.03. The van der Waals surface area contributed by atoms with Gasteiger partial charge in [0, 0.05) is 42.4 Å². The summed E-state index contributed by atoms with van der Waals surface area (Å²) in [5.74, 6) is -0.149. The third kappa shape index (κ3) is 6.41. The number of amides is 1. The topological polar surface area (TPSA) is 71.0 Å². The number of benzene rings is 3. The van der Waals surface area contributed by atoms with E-state index >= 15 is 0 Å². The van der Waals surface area contributed by atoms with Crippen LogP contribution in [0.2, 0.25) is 0 Å². The van der Waals surface area contributed by atoms with Crippen LogP contribution < -0.4 is 5.32 Å². The number of likely N-dealkylation sites (tertiary alicyclic amines) is 1. The van der Waals surface area contributed by atoms with Gasteiger partial charge in [-0.3, -0.25) is 9.69 Å². The number of fused-ring (bicyclic) bond motifs is 2. The number of nitrogens with zero attached hydrogens (tertiary/aromatic N) is 1. The van der Waals surface area contributed by atoms with E-state index in [-0.39, 0.29) is 24.7 Å². The van der Waals surface area contributed by atoms with Crippen LogP contribution in [0.1, 0.15) is 85.9 Å². The Labute approximate surface area is 243 Å². The number of ether oxygens (including phenoxy) is 2. The third-order valence-electron chi connectivity index (χ3n) is 9.03. The van der Waals surface area contributed by atoms with Crippen LogP contribution >= 0.6 is 0 Å². The van der Waals surface area contributed by atoms with Crippen molar-refractivity contribution in [3.8, 4) is 0 Å². The molecule has 2 saturated heterocycles. The summed E-state index contributed by atoms with van der Waals surface area (Å²) in [5, 5.41) is 12.6. The number of aliphatic hydroxyl groups excluding tert-OH is 1. The molecule has 2 N–H and O–H groups in total. The number of carbonyl (C=O) groups excluding carboxylic acids is 1. The molecule has 5 atom stereocenters. The highest BCUT2D eigenvalue weighted by Gasteiger charge is 2.50. The lowest BCUT2D eigenvalue weighted by molar-refractivity contribution is -0.253. The van der Waals surface area contributed by atoms with Crippen LogP contribution in [-0.4, -0.2) is 41.1 Å². The van der Waals surface area contributed by atoms with Crippen molar-refractivity contribution in [2.24, 2.45) is 10.8 Å². The van der Waals surface area contributed by atoms with Gasteiger partial charge in [-0.15, -0.1) is 0 Å². The maximum atomic E-state index is 12.8. The Morgan fingerprint density at radius 2 is 1.73 bits per heavy atom. The molecule has 3 fully saturated rings. The first kappa shape index (κ1) is 28.1. The second-order valence-electron chi connectivity index (χ2n) is 13.4. The number of anilines is 1. The van der Waals surface area contributed by atoms with E-state index in [1.54, 1.807) is 12.1 Å². The Kier molecular flexibility index (Phi) is 7.77. The van der Waals surface area contributed by atoms with Crippen LogP contribution in [0.3, 0.4) is 0 Å². The molecular weight excluding hydrogens is 512 g/mol. The molecule has 1 saturated carbocycles. The highest BCUT2D eigenvalue weighted by Crippen LogP contribution is 2.53. The minimum Gasteiger partial charge on any atom is -0.392 e. The Bertz CT molecular complexity index is 1360. The zero-order valence-electron chi connectivity index (χ0n) is 24.4. The first-order valence-corrected chi connectivity index (χ1v) is 14.9. The van der Waals surface area contributed by atoms with E-state index in [9.17, 15) is 9.90 Å². The Morgan fingerprint density at radius 1 is 0.951 bits per heavy atom. The molecule has 0 aromatic heterocycles. The minimum absolute atomic E-state index is 0.00453. The summed E-state index contributed by atoms with van der Waals surface area (Å²) in [7, 11) is 0. The van der Waals surface area contributed by atoms with Crippen molar-refractivity contribution < 1.29 is 19.4 Å². The van der Waals surface area contributed by atoms with Gasteiger partial charge in [0.05, 0.1) is 18.8 Å². The minimum atomic E-state index is -0.557. The molecule has 216 valence electrons. The van der Waals surface area contributed by atoms with Gasteiger partial charge in [-0.2, -0.15) is 0 Å². The molecule has 1 amide bonds. The zero-order chi connectivity index (χ0) is 28.6. The van der Waals surface area contributed by atoms with Crippen LogP contribution in [0.25, 0.3) is 0 Å². The van der Waals surface area contributed by atoms with Crippen molar-refractivity contribution in [2.75, 3.05) is 18.4 Å². The number of aliphatic hydroxyl groups is 1. The van der Waals surface area contributed by atoms with Gasteiger partial charge in [0.1, 0.15) is 0 Å². The lowest BCUT2D eigenvalue weighted by Crippen LogP contribution is -2.42. The molecule has 3 aliphatic rings. The van der Waals surface area contributed by atoms with E-state index in [4.69, 9.17) is 9.47 Å². The van der Waals surface area contributed by atoms with Crippen molar-refractivity contribution in [1.82, 2.24) is 4.90 Å². The molecule has 2 heterocycles. The largest absolute Gasteiger partial charge is 0.392 e. The van der Waals surface area contributed by atoms with Crippen molar-refractivity contribution in [2.45, 2.75) is 77.6 Å². The summed E-state index contributed by atoms with van der Waals surface area (Å²) < 4.78 is 13.3. The predicted octanol–water partition coefficient (Wildman–Crippen LogP) is 6.88. The Balaban J connectivity index is 1.23. The highest BCUT2D eigenvalue weighted by molar-refractivity contribution is 6.04. The van der Waals surface area contributed by atoms with Gasteiger partial charge in [-0.05, 0) is 65.5 Å². The van der Waals surface area contributed by atoms with Crippen LogP contribution in [0.4, 0.5) is 5.69 Å². The molecule has 2 unspecified atom stereocenters. The number of hydrogen-bond acceptors (Lipinski definition) is 5.